The number of carboxylic acids is 1. The van der Waals surface area contributed by atoms with Crippen LogP contribution < -0.4 is 5.32 Å². The molecule has 6 heteroatoms. The van der Waals surface area contributed by atoms with Crippen molar-refractivity contribution in [1.29, 1.82) is 0 Å². The van der Waals surface area contributed by atoms with Crippen LogP contribution in [-0.2, 0) is 14.3 Å². The van der Waals surface area contributed by atoms with Gasteiger partial charge >= 0.3 is 5.97 Å². The second kappa shape index (κ2) is 6.86. The summed E-state index contributed by atoms with van der Waals surface area (Å²) >= 11 is 0. The predicted octanol–water partition coefficient (Wildman–Crippen LogP) is 0.221. The molecule has 0 bridgehead atoms. The molecule has 1 heterocycles. The summed E-state index contributed by atoms with van der Waals surface area (Å²) in [7, 11) is 0. The fraction of sp³-hybridized carbons (Fsp3) is 0.846. The minimum Gasteiger partial charge on any atom is -0.481 e. The second-order valence-corrected chi connectivity index (χ2v) is 5.37. The summed E-state index contributed by atoms with van der Waals surface area (Å²) in [5.74, 6) is -0.815. The van der Waals surface area contributed by atoms with Gasteiger partial charge in [-0.15, -0.1) is 0 Å². The molecule has 6 nitrogen and oxygen atoms in total. The van der Waals surface area contributed by atoms with E-state index in [4.69, 9.17) is 9.84 Å². The van der Waals surface area contributed by atoms with Gasteiger partial charge in [0, 0.05) is 19.1 Å². The Kier molecular flexibility index (Phi) is 5.15. The molecule has 1 amide bonds. The summed E-state index contributed by atoms with van der Waals surface area (Å²) in [4.78, 5) is 24.5. The van der Waals surface area contributed by atoms with Gasteiger partial charge in [-0.1, -0.05) is 12.8 Å². The molecule has 2 rings (SSSR count). The van der Waals surface area contributed by atoms with Gasteiger partial charge in [0.15, 0.2) is 0 Å². The minimum atomic E-state index is -0.859. The van der Waals surface area contributed by atoms with Gasteiger partial charge in [0.1, 0.15) is 0 Å². The summed E-state index contributed by atoms with van der Waals surface area (Å²) in [5.41, 5.74) is 0. The van der Waals surface area contributed by atoms with Crippen LogP contribution in [0.1, 0.15) is 32.1 Å². The number of carboxylic acid groups (broad SMARTS) is 1. The first-order chi connectivity index (χ1) is 9.13. The van der Waals surface area contributed by atoms with Gasteiger partial charge < -0.3 is 15.2 Å². The number of hydrogen-bond donors (Lipinski definition) is 2. The largest absolute Gasteiger partial charge is 0.481 e. The van der Waals surface area contributed by atoms with Crippen molar-refractivity contribution in [3.63, 3.8) is 0 Å². The van der Waals surface area contributed by atoms with Crippen molar-refractivity contribution in [2.75, 3.05) is 26.2 Å². The Hall–Kier alpha value is -1.14. The predicted molar refractivity (Wildman–Crippen MR) is 68.8 cm³/mol. The zero-order valence-electron chi connectivity index (χ0n) is 11.1. The molecule has 0 spiro atoms. The Labute approximate surface area is 113 Å². The summed E-state index contributed by atoms with van der Waals surface area (Å²) in [6.45, 7) is 2.04. The van der Waals surface area contributed by atoms with Crippen LogP contribution in [0.4, 0.5) is 0 Å². The van der Waals surface area contributed by atoms with Crippen LogP contribution in [0.3, 0.4) is 0 Å². The van der Waals surface area contributed by atoms with Gasteiger partial charge in [0.05, 0.1) is 25.7 Å². The van der Waals surface area contributed by atoms with Gasteiger partial charge in [-0.2, -0.15) is 0 Å². The Bertz CT molecular complexity index is 329. The van der Waals surface area contributed by atoms with E-state index in [2.05, 4.69) is 5.32 Å². The number of amides is 1. The third-order valence-corrected chi connectivity index (χ3v) is 3.71. The number of nitrogens with zero attached hydrogens (tertiary/aromatic N) is 1. The molecule has 1 aliphatic carbocycles. The Morgan fingerprint density at radius 1 is 1.32 bits per heavy atom. The first kappa shape index (κ1) is 14.3. The molecule has 2 fully saturated rings. The number of ether oxygens (including phenoxy) is 1. The van der Waals surface area contributed by atoms with E-state index >= 15 is 0 Å². The van der Waals surface area contributed by atoms with Crippen LogP contribution in [-0.4, -0.2) is 60.3 Å². The average Bonchev–Trinajstić information content (AvgIpc) is 2.81. The highest BCUT2D eigenvalue weighted by Gasteiger charge is 2.25. The fourth-order valence-corrected chi connectivity index (χ4v) is 2.79. The SMILES string of the molecule is O=C(O)CC1CN(CC(=O)NC2CCCC2)CCO1. The highest BCUT2D eigenvalue weighted by molar-refractivity contribution is 5.78. The molecule has 1 saturated heterocycles. The first-order valence-corrected chi connectivity index (χ1v) is 6.98. The highest BCUT2D eigenvalue weighted by Crippen LogP contribution is 2.17. The molecule has 1 atom stereocenters. The molecule has 2 N–H and O–H groups in total. The number of aliphatic carboxylic acids is 1. The molecule has 1 saturated carbocycles. The van der Waals surface area contributed by atoms with Crippen LogP contribution in [0.5, 0.6) is 0 Å². The topological polar surface area (TPSA) is 78.9 Å². The van der Waals surface area contributed by atoms with Crippen molar-refractivity contribution in [2.45, 2.75) is 44.2 Å². The molecule has 0 aromatic rings. The lowest BCUT2D eigenvalue weighted by atomic mass is 10.2. The van der Waals surface area contributed by atoms with Gasteiger partial charge in [-0.25, -0.2) is 0 Å². The van der Waals surface area contributed by atoms with E-state index in [9.17, 15) is 9.59 Å². The van der Waals surface area contributed by atoms with Gasteiger partial charge in [0.2, 0.25) is 5.91 Å². The van der Waals surface area contributed by atoms with Crippen LogP contribution >= 0.6 is 0 Å². The van der Waals surface area contributed by atoms with E-state index < -0.39 is 5.97 Å². The smallest absolute Gasteiger partial charge is 0.306 e. The lowest BCUT2D eigenvalue weighted by molar-refractivity contribution is -0.142. The molecular weight excluding hydrogens is 248 g/mol. The van der Waals surface area contributed by atoms with Gasteiger partial charge in [-0.05, 0) is 12.8 Å². The van der Waals surface area contributed by atoms with E-state index in [-0.39, 0.29) is 18.4 Å². The van der Waals surface area contributed by atoms with Crippen LogP contribution in [0.25, 0.3) is 0 Å². The van der Waals surface area contributed by atoms with Crippen LogP contribution in [0.2, 0.25) is 0 Å². The second-order valence-electron chi connectivity index (χ2n) is 5.37. The monoisotopic (exact) mass is 270 g/mol. The number of carbonyl (C=O) groups excluding carboxylic acids is 1. The lowest BCUT2D eigenvalue weighted by Crippen LogP contribution is -2.48. The number of hydrogen-bond acceptors (Lipinski definition) is 4. The van der Waals surface area contributed by atoms with Crippen molar-refractivity contribution < 1.29 is 19.4 Å². The maximum absolute atomic E-state index is 11.9. The first-order valence-electron chi connectivity index (χ1n) is 6.98. The Morgan fingerprint density at radius 3 is 2.74 bits per heavy atom. The maximum Gasteiger partial charge on any atom is 0.306 e. The standard InChI is InChI=1S/C13H22N2O4/c16-12(14-10-3-1-2-4-10)9-15-5-6-19-11(8-15)7-13(17)18/h10-11H,1-9H2,(H,14,16)(H,17,18). The van der Waals surface area contributed by atoms with Crippen molar-refractivity contribution >= 4 is 11.9 Å². The third kappa shape index (κ3) is 4.80. The summed E-state index contributed by atoms with van der Waals surface area (Å²) in [6.07, 6.45) is 4.26. The molecule has 1 unspecified atom stereocenters. The fourth-order valence-electron chi connectivity index (χ4n) is 2.79. The summed E-state index contributed by atoms with van der Waals surface area (Å²) in [5, 5.41) is 11.8. The van der Waals surface area contributed by atoms with E-state index in [1.807, 2.05) is 4.90 Å². The van der Waals surface area contributed by atoms with E-state index in [0.29, 0.717) is 32.3 Å². The van der Waals surface area contributed by atoms with E-state index in [1.165, 1.54) is 12.8 Å². The molecule has 2 aliphatic rings. The van der Waals surface area contributed by atoms with Gasteiger partial charge in [-0.3, -0.25) is 14.5 Å². The third-order valence-electron chi connectivity index (χ3n) is 3.71. The zero-order valence-corrected chi connectivity index (χ0v) is 11.1. The van der Waals surface area contributed by atoms with Crippen LogP contribution in [0, 0.1) is 0 Å². The minimum absolute atomic E-state index is 0.000738. The number of carbonyl (C=O) groups is 2. The number of nitrogens with one attached hydrogen (secondary N) is 1. The van der Waals surface area contributed by atoms with E-state index in [0.717, 1.165) is 12.8 Å². The van der Waals surface area contributed by atoms with Crippen molar-refractivity contribution in [3.05, 3.63) is 0 Å². The molecule has 108 valence electrons. The van der Waals surface area contributed by atoms with Crippen LogP contribution in [0.15, 0.2) is 0 Å². The van der Waals surface area contributed by atoms with Gasteiger partial charge in [0.25, 0.3) is 0 Å². The summed E-state index contributed by atoms with van der Waals surface area (Å²) < 4.78 is 5.38. The zero-order chi connectivity index (χ0) is 13.7. The average molecular weight is 270 g/mol. The Morgan fingerprint density at radius 2 is 2.05 bits per heavy atom. The number of morpholine rings is 1. The van der Waals surface area contributed by atoms with Crippen molar-refractivity contribution in [2.24, 2.45) is 0 Å². The summed E-state index contributed by atoms with van der Waals surface area (Å²) in [6, 6.07) is 0.336. The quantitative estimate of drug-likeness (QED) is 0.747. The highest BCUT2D eigenvalue weighted by atomic mass is 16.5. The number of rotatable bonds is 5. The lowest BCUT2D eigenvalue weighted by Gasteiger charge is -2.32. The molecule has 1 aliphatic heterocycles. The normalized spacial score (nSPS) is 25.4. The molecule has 0 aromatic carbocycles. The van der Waals surface area contributed by atoms with Crippen molar-refractivity contribution in [3.8, 4) is 0 Å². The maximum atomic E-state index is 11.9. The Balaban J connectivity index is 1.71. The molecule has 0 radical (unpaired) electrons. The van der Waals surface area contributed by atoms with E-state index in [1.54, 1.807) is 0 Å². The van der Waals surface area contributed by atoms with Crippen molar-refractivity contribution in [1.82, 2.24) is 10.2 Å². The molecular formula is C13H22N2O4. The molecule has 19 heavy (non-hydrogen) atoms. The molecule has 0 aromatic heterocycles.